The Morgan fingerprint density at radius 3 is 2.18 bits per heavy atom. The molecule has 4 heteroatoms. The summed E-state index contributed by atoms with van der Waals surface area (Å²) >= 11 is 0. The molecule has 2 N–H and O–H groups in total. The van der Waals surface area contributed by atoms with Gasteiger partial charge in [0.1, 0.15) is 0 Å². The van der Waals surface area contributed by atoms with E-state index in [2.05, 4.69) is 89.9 Å². The Hall–Kier alpha value is -1.72. The Morgan fingerprint density at radius 2 is 1.57 bits per heavy atom. The van der Waals surface area contributed by atoms with Gasteiger partial charge in [-0.15, -0.1) is 0 Å². The molecule has 1 spiro atoms. The number of nitrogens with one attached hydrogen (secondary N) is 1. The van der Waals surface area contributed by atoms with E-state index in [1.54, 1.807) is 0 Å². The average molecular weight is 380 g/mol. The molecule has 2 aromatic rings. The molecule has 0 amide bonds. The van der Waals surface area contributed by atoms with Crippen LogP contribution in [0.1, 0.15) is 36.8 Å². The third-order valence-electron chi connectivity index (χ3n) is 7.02. The van der Waals surface area contributed by atoms with Crippen molar-refractivity contribution in [3.05, 3.63) is 71.8 Å². The van der Waals surface area contributed by atoms with Crippen LogP contribution in [0.4, 0.5) is 0 Å². The van der Waals surface area contributed by atoms with E-state index >= 15 is 0 Å². The summed E-state index contributed by atoms with van der Waals surface area (Å²) in [4.78, 5) is 4.60. The molecule has 150 valence electrons. The third-order valence-corrected chi connectivity index (χ3v) is 7.02. The monoisotopic (exact) mass is 379 g/mol. The van der Waals surface area contributed by atoms with Gasteiger partial charge in [0.05, 0.1) is 0 Å². The first-order valence-electron chi connectivity index (χ1n) is 10.5. The lowest BCUT2D eigenvalue weighted by Gasteiger charge is -2.49. The molecule has 2 aromatic carbocycles. The number of aliphatic hydroxyl groups is 1. The highest BCUT2D eigenvalue weighted by atomic mass is 16.3. The van der Waals surface area contributed by atoms with E-state index in [1.807, 2.05) is 0 Å². The van der Waals surface area contributed by atoms with Gasteiger partial charge in [0.15, 0.2) is 6.35 Å². The molecule has 4 nitrogen and oxygen atoms in total. The maximum absolute atomic E-state index is 10.6. The highest BCUT2D eigenvalue weighted by Gasteiger charge is 2.49. The van der Waals surface area contributed by atoms with Crippen molar-refractivity contribution in [2.75, 3.05) is 27.2 Å². The summed E-state index contributed by atoms with van der Waals surface area (Å²) in [5.41, 5.74) is 2.87. The Balaban J connectivity index is 1.42. The first kappa shape index (κ1) is 19.6. The molecule has 1 aliphatic carbocycles. The SMILES string of the molecule is CN(C)C1(c2ccccc2)CCC2(CC1)CN(CCc1ccccc1)C(O)N2. The van der Waals surface area contributed by atoms with E-state index in [4.69, 9.17) is 0 Å². The fraction of sp³-hybridized carbons (Fsp3) is 0.500. The van der Waals surface area contributed by atoms with Gasteiger partial charge in [-0.05, 0) is 57.3 Å². The van der Waals surface area contributed by atoms with Crippen LogP contribution < -0.4 is 5.32 Å². The molecule has 1 heterocycles. The topological polar surface area (TPSA) is 38.7 Å². The van der Waals surface area contributed by atoms with Crippen molar-refractivity contribution in [3.8, 4) is 0 Å². The van der Waals surface area contributed by atoms with Crippen molar-refractivity contribution < 1.29 is 5.11 Å². The highest BCUT2D eigenvalue weighted by molar-refractivity contribution is 5.26. The van der Waals surface area contributed by atoms with Crippen molar-refractivity contribution in [2.24, 2.45) is 0 Å². The van der Waals surface area contributed by atoms with E-state index < -0.39 is 6.35 Å². The van der Waals surface area contributed by atoms with Gasteiger partial charge in [0.2, 0.25) is 0 Å². The first-order valence-corrected chi connectivity index (χ1v) is 10.5. The van der Waals surface area contributed by atoms with Crippen LogP contribution in [0.3, 0.4) is 0 Å². The number of nitrogens with zero attached hydrogens (tertiary/aromatic N) is 2. The van der Waals surface area contributed by atoms with Gasteiger partial charge >= 0.3 is 0 Å². The largest absolute Gasteiger partial charge is 0.365 e. The molecule has 0 bridgehead atoms. The summed E-state index contributed by atoms with van der Waals surface area (Å²) in [5.74, 6) is 0. The van der Waals surface area contributed by atoms with Crippen molar-refractivity contribution >= 4 is 0 Å². The maximum atomic E-state index is 10.6. The van der Waals surface area contributed by atoms with Gasteiger partial charge < -0.3 is 5.11 Å². The second-order valence-electron chi connectivity index (χ2n) is 8.80. The molecular formula is C24H33N3O. The van der Waals surface area contributed by atoms with Gasteiger partial charge in [-0.2, -0.15) is 0 Å². The quantitative estimate of drug-likeness (QED) is 0.837. The lowest BCUT2D eigenvalue weighted by Crippen LogP contribution is -2.54. The molecule has 4 rings (SSSR count). The van der Waals surface area contributed by atoms with Gasteiger partial charge in [0.25, 0.3) is 0 Å². The number of hydrogen-bond donors (Lipinski definition) is 2. The molecule has 1 aliphatic heterocycles. The van der Waals surface area contributed by atoms with Crippen molar-refractivity contribution in [1.82, 2.24) is 15.1 Å². The summed E-state index contributed by atoms with van der Waals surface area (Å²) in [5, 5.41) is 14.2. The second kappa shape index (κ2) is 7.96. The van der Waals surface area contributed by atoms with Crippen LogP contribution in [0.25, 0.3) is 0 Å². The standard InChI is InChI=1S/C24H33N3O/c1-26(2)24(21-11-7-4-8-12-21)16-14-23(15-17-24)19-27(22(28)25-23)18-13-20-9-5-3-6-10-20/h3-12,22,25,28H,13-19H2,1-2H3. The minimum absolute atomic E-state index is 0.0321. The molecule has 28 heavy (non-hydrogen) atoms. The van der Waals surface area contributed by atoms with Crippen LogP contribution in [0.15, 0.2) is 60.7 Å². The zero-order valence-electron chi connectivity index (χ0n) is 17.1. The van der Waals surface area contributed by atoms with Gasteiger partial charge in [-0.3, -0.25) is 15.1 Å². The average Bonchev–Trinajstić information content (AvgIpc) is 3.03. The second-order valence-corrected chi connectivity index (χ2v) is 8.80. The van der Waals surface area contributed by atoms with E-state index in [-0.39, 0.29) is 11.1 Å². The van der Waals surface area contributed by atoms with Gasteiger partial charge in [-0.1, -0.05) is 60.7 Å². The predicted molar refractivity (Wildman–Crippen MR) is 114 cm³/mol. The predicted octanol–water partition coefficient (Wildman–Crippen LogP) is 3.18. The fourth-order valence-corrected chi connectivity index (χ4v) is 5.19. The molecule has 0 aromatic heterocycles. The minimum atomic E-state index is -0.535. The molecule has 1 atom stereocenters. The molecule has 2 fully saturated rings. The molecule has 2 aliphatic rings. The maximum Gasteiger partial charge on any atom is 0.163 e. The Morgan fingerprint density at radius 1 is 0.964 bits per heavy atom. The summed E-state index contributed by atoms with van der Waals surface area (Å²) in [6.45, 7) is 1.82. The number of benzene rings is 2. The summed E-state index contributed by atoms with van der Waals surface area (Å²) in [6.07, 6.45) is 4.82. The van der Waals surface area contributed by atoms with Crippen molar-refractivity contribution in [1.29, 1.82) is 0 Å². The molecular weight excluding hydrogens is 346 g/mol. The summed E-state index contributed by atoms with van der Waals surface area (Å²) in [6, 6.07) is 21.5. The zero-order valence-corrected chi connectivity index (χ0v) is 17.1. The highest BCUT2D eigenvalue weighted by Crippen LogP contribution is 2.46. The van der Waals surface area contributed by atoms with Crippen LogP contribution in [0.2, 0.25) is 0 Å². The Kier molecular flexibility index (Phi) is 5.57. The van der Waals surface area contributed by atoms with E-state index in [9.17, 15) is 5.11 Å². The Bertz CT molecular complexity index is 754. The van der Waals surface area contributed by atoms with Gasteiger partial charge in [0, 0.05) is 24.2 Å². The third kappa shape index (κ3) is 3.74. The van der Waals surface area contributed by atoms with Crippen LogP contribution in [-0.4, -0.2) is 54.0 Å². The van der Waals surface area contributed by atoms with E-state index in [0.29, 0.717) is 0 Å². The van der Waals surface area contributed by atoms with Gasteiger partial charge in [-0.25, -0.2) is 0 Å². The first-order chi connectivity index (χ1) is 13.5. The summed E-state index contributed by atoms with van der Waals surface area (Å²) in [7, 11) is 4.40. The van der Waals surface area contributed by atoms with E-state index in [1.165, 1.54) is 11.1 Å². The fourth-order valence-electron chi connectivity index (χ4n) is 5.19. The normalized spacial score (nSPS) is 30.9. The van der Waals surface area contributed by atoms with Crippen molar-refractivity contribution in [2.45, 2.75) is 49.5 Å². The molecule has 1 unspecified atom stereocenters. The number of aliphatic hydroxyl groups excluding tert-OH is 1. The number of hydrogen-bond acceptors (Lipinski definition) is 4. The molecule has 1 saturated carbocycles. The molecule has 1 saturated heterocycles. The smallest absolute Gasteiger partial charge is 0.163 e. The van der Waals surface area contributed by atoms with Crippen LogP contribution in [0, 0.1) is 0 Å². The molecule has 0 radical (unpaired) electrons. The zero-order chi connectivity index (χ0) is 19.6. The lowest BCUT2D eigenvalue weighted by atomic mass is 9.69. The minimum Gasteiger partial charge on any atom is -0.365 e. The lowest BCUT2D eigenvalue weighted by molar-refractivity contribution is 0.0175. The van der Waals surface area contributed by atoms with E-state index in [0.717, 1.165) is 45.2 Å². The number of rotatable bonds is 5. The Labute approximate surface area is 169 Å². The van der Waals surface area contributed by atoms with Crippen LogP contribution in [-0.2, 0) is 12.0 Å². The van der Waals surface area contributed by atoms with Crippen LogP contribution in [0.5, 0.6) is 0 Å². The van der Waals surface area contributed by atoms with Crippen molar-refractivity contribution in [3.63, 3.8) is 0 Å². The summed E-state index contributed by atoms with van der Waals surface area (Å²) < 4.78 is 0. The van der Waals surface area contributed by atoms with Crippen LogP contribution >= 0.6 is 0 Å².